The van der Waals surface area contributed by atoms with Crippen molar-refractivity contribution in [1.82, 2.24) is 10.6 Å². The van der Waals surface area contributed by atoms with E-state index >= 15 is 0 Å². The number of hydrogen-bond acceptors (Lipinski definition) is 4. The minimum absolute atomic E-state index is 0.160. The summed E-state index contributed by atoms with van der Waals surface area (Å²) < 4.78 is 0. The third kappa shape index (κ3) is 6.60. The van der Waals surface area contributed by atoms with Crippen LogP contribution in [0.5, 0.6) is 0 Å². The van der Waals surface area contributed by atoms with Gasteiger partial charge in [-0.1, -0.05) is 0 Å². The van der Waals surface area contributed by atoms with Gasteiger partial charge in [-0.05, 0) is 25.1 Å². The molecule has 23 heavy (non-hydrogen) atoms. The van der Waals surface area contributed by atoms with Crippen molar-refractivity contribution >= 4 is 35.0 Å². The topological polar surface area (TPSA) is 116 Å². The average molecular weight is 320 g/mol. The second-order valence-electron chi connectivity index (χ2n) is 4.80. The van der Waals surface area contributed by atoms with Crippen LogP contribution in [0.25, 0.3) is 0 Å². The summed E-state index contributed by atoms with van der Waals surface area (Å²) in [6, 6.07) is 4.45. The molecule has 0 aromatic heterocycles. The second kappa shape index (κ2) is 8.52. The van der Waals surface area contributed by atoms with E-state index in [-0.39, 0.29) is 29.8 Å². The Balaban J connectivity index is 2.93. The molecule has 124 valence electrons. The highest BCUT2D eigenvalue weighted by Gasteiger charge is 2.11. The van der Waals surface area contributed by atoms with Crippen LogP contribution in [-0.4, -0.2) is 36.7 Å². The molecule has 4 N–H and O–H groups in total. The van der Waals surface area contributed by atoms with Gasteiger partial charge in [0.2, 0.25) is 17.7 Å². The van der Waals surface area contributed by atoms with Crippen LogP contribution in [0.3, 0.4) is 0 Å². The number of hydrogen-bond donors (Lipinski definition) is 4. The third-order valence-corrected chi connectivity index (χ3v) is 2.62. The molecule has 4 amide bonds. The molecule has 1 aromatic rings. The molecule has 0 heterocycles. The molecule has 1 aromatic carbocycles. The van der Waals surface area contributed by atoms with Crippen molar-refractivity contribution < 1.29 is 19.2 Å². The molecular weight excluding hydrogens is 300 g/mol. The Hall–Kier alpha value is -2.90. The molecule has 1 rings (SSSR count). The normalized spacial score (nSPS) is 9.70. The zero-order chi connectivity index (χ0) is 17.4. The first-order valence-corrected chi connectivity index (χ1v) is 7.07. The van der Waals surface area contributed by atoms with Crippen molar-refractivity contribution in [2.24, 2.45) is 0 Å². The molecule has 0 unspecified atom stereocenters. The fourth-order valence-corrected chi connectivity index (χ4v) is 1.83. The molecule has 0 saturated heterocycles. The van der Waals surface area contributed by atoms with E-state index < -0.39 is 5.91 Å². The Morgan fingerprint density at radius 2 is 1.39 bits per heavy atom. The number of nitrogens with one attached hydrogen (secondary N) is 4. The lowest BCUT2D eigenvalue weighted by atomic mass is 10.1. The van der Waals surface area contributed by atoms with Crippen LogP contribution in [0, 0.1) is 0 Å². The van der Waals surface area contributed by atoms with Crippen LogP contribution in [0.15, 0.2) is 18.2 Å². The van der Waals surface area contributed by atoms with Crippen molar-refractivity contribution in [3.63, 3.8) is 0 Å². The lowest BCUT2D eigenvalue weighted by molar-refractivity contribution is -0.120. The van der Waals surface area contributed by atoms with Gasteiger partial charge in [0.15, 0.2) is 0 Å². The SMILES string of the molecule is CCNC(=O)CNC(=O)c1cc(NC(C)=O)cc(NC(C)=O)c1. The molecule has 0 fully saturated rings. The summed E-state index contributed by atoms with van der Waals surface area (Å²) in [5, 5.41) is 10.1. The first-order chi connectivity index (χ1) is 10.8. The summed E-state index contributed by atoms with van der Waals surface area (Å²) >= 11 is 0. The molecule has 0 atom stereocenters. The van der Waals surface area contributed by atoms with Gasteiger partial charge in [0, 0.05) is 37.3 Å². The van der Waals surface area contributed by atoms with Crippen molar-refractivity contribution in [1.29, 1.82) is 0 Å². The molecule has 8 nitrogen and oxygen atoms in total. The smallest absolute Gasteiger partial charge is 0.251 e. The number of carbonyl (C=O) groups is 4. The van der Waals surface area contributed by atoms with Gasteiger partial charge in [0.05, 0.1) is 6.54 Å². The number of benzene rings is 1. The highest BCUT2D eigenvalue weighted by Crippen LogP contribution is 2.19. The van der Waals surface area contributed by atoms with Gasteiger partial charge in [-0.2, -0.15) is 0 Å². The second-order valence-corrected chi connectivity index (χ2v) is 4.80. The number of amides is 4. The Kier molecular flexibility index (Phi) is 6.72. The molecule has 0 radical (unpaired) electrons. The summed E-state index contributed by atoms with van der Waals surface area (Å²) in [4.78, 5) is 45.8. The van der Waals surface area contributed by atoms with Gasteiger partial charge in [-0.15, -0.1) is 0 Å². The maximum Gasteiger partial charge on any atom is 0.251 e. The van der Waals surface area contributed by atoms with Crippen molar-refractivity contribution in [2.75, 3.05) is 23.7 Å². The predicted molar refractivity (Wildman–Crippen MR) is 86.1 cm³/mol. The number of carbonyl (C=O) groups excluding carboxylic acids is 4. The minimum Gasteiger partial charge on any atom is -0.355 e. The molecular formula is C15H20N4O4. The Morgan fingerprint density at radius 1 is 0.870 bits per heavy atom. The number of rotatable bonds is 6. The average Bonchev–Trinajstić information content (AvgIpc) is 2.43. The van der Waals surface area contributed by atoms with E-state index in [9.17, 15) is 19.2 Å². The van der Waals surface area contributed by atoms with E-state index in [1.807, 2.05) is 0 Å². The van der Waals surface area contributed by atoms with Gasteiger partial charge in [0.25, 0.3) is 5.91 Å². The fraction of sp³-hybridized carbons (Fsp3) is 0.333. The fourth-order valence-electron chi connectivity index (χ4n) is 1.83. The third-order valence-electron chi connectivity index (χ3n) is 2.62. The van der Waals surface area contributed by atoms with E-state index in [1.54, 1.807) is 6.92 Å². The van der Waals surface area contributed by atoms with Gasteiger partial charge in [0.1, 0.15) is 0 Å². The van der Waals surface area contributed by atoms with Crippen LogP contribution in [0.1, 0.15) is 31.1 Å². The quantitative estimate of drug-likeness (QED) is 0.609. The zero-order valence-electron chi connectivity index (χ0n) is 13.3. The van der Waals surface area contributed by atoms with Crippen LogP contribution in [-0.2, 0) is 14.4 Å². The number of anilines is 2. The largest absolute Gasteiger partial charge is 0.355 e. The maximum atomic E-state index is 12.1. The minimum atomic E-state index is -0.491. The van der Waals surface area contributed by atoms with Crippen molar-refractivity contribution in [3.8, 4) is 0 Å². The molecule has 8 heteroatoms. The standard InChI is InChI=1S/C15H20N4O4/c1-4-16-14(22)8-17-15(23)11-5-12(18-9(2)20)7-13(6-11)19-10(3)21/h5-7H,4,8H2,1-3H3,(H,16,22)(H,17,23)(H,18,20)(H,19,21). The lowest BCUT2D eigenvalue weighted by Gasteiger charge is -2.11. The summed E-state index contributed by atoms with van der Waals surface area (Å²) in [5.41, 5.74) is 0.947. The zero-order valence-corrected chi connectivity index (χ0v) is 13.3. The van der Waals surface area contributed by atoms with Gasteiger partial charge in [-0.3, -0.25) is 19.2 Å². The highest BCUT2D eigenvalue weighted by atomic mass is 16.2. The van der Waals surface area contributed by atoms with Gasteiger partial charge < -0.3 is 21.3 Å². The van der Waals surface area contributed by atoms with Crippen LogP contribution in [0.4, 0.5) is 11.4 Å². The van der Waals surface area contributed by atoms with E-state index in [4.69, 9.17) is 0 Å². The van der Waals surface area contributed by atoms with Crippen LogP contribution in [0.2, 0.25) is 0 Å². The molecule has 0 aliphatic heterocycles. The predicted octanol–water partition coefficient (Wildman–Crippen LogP) is 0.469. The van der Waals surface area contributed by atoms with Crippen LogP contribution < -0.4 is 21.3 Å². The van der Waals surface area contributed by atoms with Crippen LogP contribution >= 0.6 is 0 Å². The van der Waals surface area contributed by atoms with E-state index in [0.717, 1.165) is 0 Å². The van der Waals surface area contributed by atoms with Crippen molar-refractivity contribution in [3.05, 3.63) is 23.8 Å². The molecule has 0 aliphatic carbocycles. The van der Waals surface area contributed by atoms with Crippen molar-refractivity contribution in [2.45, 2.75) is 20.8 Å². The monoisotopic (exact) mass is 320 g/mol. The summed E-state index contributed by atoms with van der Waals surface area (Å²) in [6.07, 6.45) is 0. The highest BCUT2D eigenvalue weighted by molar-refractivity contribution is 6.01. The Bertz CT molecular complexity index is 594. The van der Waals surface area contributed by atoms with E-state index in [0.29, 0.717) is 17.9 Å². The summed E-state index contributed by atoms with van der Waals surface area (Å²) in [5.74, 6) is -1.41. The summed E-state index contributed by atoms with van der Waals surface area (Å²) in [7, 11) is 0. The molecule has 0 saturated carbocycles. The van der Waals surface area contributed by atoms with Gasteiger partial charge in [-0.25, -0.2) is 0 Å². The number of likely N-dealkylation sites (N-methyl/N-ethyl adjacent to an activating group) is 1. The maximum absolute atomic E-state index is 12.1. The Labute approximate surface area is 134 Å². The van der Waals surface area contributed by atoms with E-state index in [1.165, 1.54) is 32.0 Å². The Morgan fingerprint density at radius 3 is 1.83 bits per heavy atom. The first kappa shape index (κ1) is 18.1. The molecule has 0 bridgehead atoms. The van der Waals surface area contributed by atoms with Gasteiger partial charge >= 0.3 is 0 Å². The van der Waals surface area contributed by atoms with E-state index in [2.05, 4.69) is 21.3 Å². The lowest BCUT2D eigenvalue weighted by Crippen LogP contribution is -2.36. The first-order valence-electron chi connectivity index (χ1n) is 7.07. The molecule has 0 aliphatic rings. The summed E-state index contributed by atoms with van der Waals surface area (Å²) in [6.45, 7) is 4.75. The molecule has 0 spiro atoms.